The van der Waals surface area contributed by atoms with Gasteiger partial charge in [-0.1, -0.05) is 32.8 Å². The molecule has 2 N–H and O–H groups in total. The fourth-order valence-electron chi connectivity index (χ4n) is 2.69. The number of rotatable bonds is 8. The van der Waals surface area contributed by atoms with Crippen molar-refractivity contribution in [3.05, 3.63) is 41.7 Å². The molecule has 0 aliphatic rings. The molecule has 118 valence electrons. The SMILES string of the molecule is CCCCCC[n+]1cc[nH]c1-c1ccc(CC)cc1C(=O)O. The van der Waals surface area contributed by atoms with E-state index in [1.165, 1.54) is 19.3 Å². The van der Waals surface area contributed by atoms with Crippen molar-refractivity contribution in [2.45, 2.75) is 52.5 Å². The minimum atomic E-state index is -0.877. The smallest absolute Gasteiger partial charge is 0.336 e. The third-order valence-corrected chi connectivity index (χ3v) is 3.99. The van der Waals surface area contributed by atoms with Crippen LogP contribution in [0.1, 0.15) is 55.5 Å². The number of benzene rings is 1. The quantitative estimate of drug-likeness (QED) is 0.575. The zero-order valence-corrected chi connectivity index (χ0v) is 13.4. The highest BCUT2D eigenvalue weighted by Crippen LogP contribution is 2.21. The van der Waals surface area contributed by atoms with E-state index in [-0.39, 0.29) is 0 Å². The van der Waals surface area contributed by atoms with Gasteiger partial charge in [-0.25, -0.2) is 14.3 Å². The first-order chi connectivity index (χ1) is 10.7. The normalized spacial score (nSPS) is 10.8. The van der Waals surface area contributed by atoms with Crippen molar-refractivity contribution in [3.63, 3.8) is 0 Å². The topological polar surface area (TPSA) is 57.0 Å². The van der Waals surface area contributed by atoms with E-state index in [9.17, 15) is 9.90 Å². The molecule has 0 amide bonds. The number of aromatic carboxylic acids is 1. The number of hydrogen-bond donors (Lipinski definition) is 2. The Bertz CT molecular complexity index is 632. The molecule has 0 atom stereocenters. The highest BCUT2D eigenvalue weighted by Gasteiger charge is 2.20. The number of aromatic amines is 1. The predicted molar refractivity (Wildman–Crippen MR) is 86.9 cm³/mol. The van der Waals surface area contributed by atoms with Gasteiger partial charge in [0.15, 0.2) is 0 Å². The summed E-state index contributed by atoms with van der Waals surface area (Å²) in [4.78, 5) is 14.8. The van der Waals surface area contributed by atoms with E-state index in [4.69, 9.17) is 0 Å². The van der Waals surface area contributed by atoms with E-state index in [0.29, 0.717) is 5.56 Å². The summed E-state index contributed by atoms with van der Waals surface area (Å²) < 4.78 is 2.11. The first kappa shape index (κ1) is 16.3. The first-order valence-electron chi connectivity index (χ1n) is 8.10. The van der Waals surface area contributed by atoms with Crippen molar-refractivity contribution in [1.29, 1.82) is 0 Å². The molecule has 0 aliphatic carbocycles. The summed E-state index contributed by atoms with van der Waals surface area (Å²) >= 11 is 0. The van der Waals surface area contributed by atoms with Crippen LogP contribution in [0.3, 0.4) is 0 Å². The second-order valence-electron chi connectivity index (χ2n) is 5.60. The lowest BCUT2D eigenvalue weighted by molar-refractivity contribution is -0.685. The molecule has 0 radical (unpaired) electrons. The molecule has 22 heavy (non-hydrogen) atoms. The van der Waals surface area contributed by atoms with Crippen molar-refractivity contribution in [2.24, 2.45) is 0 Å². The van der Waals surface area contributed by atoms with Crippen LogP contribution in [0.4, 0.5) is 0 Å². The highest BCUT2D eigenvalue weighted by molar-refractivity contribution is 5.94. The molecule has 4 nitrogen and oxygen atoms in total. The monoisotopic (exact) mass is 301 g/mol. The van der Waals surface area contributed by atoms with Crippen LogP contribution in [0, 0.1) is 0 Å². The van der Waals surface area contributed by atoms with Gasteiger partial charge in [0.1, 0.15) is 12.4 Å². The molecule has 0 unspecified atom stereocenters. The van der Waals surface area contributed by atoms with E-state index in [1.807, 2.05) is 31.5 Å². The number of carbonyl (C=O) groups is 1. The zero-order chi connectivity index (χ0) is 15.9. The Labute approximate surface area is 131 Å². The van der Waals surface area contributed by atoms with Crippen molar-refractivity contribution in [1.82, 2.24) is 4.98 Å². The Morgan fingerprint density at radius 2 is 2.05 bits per heavy atom. The number of carboxylic acid groups (broad SMARTS) is 1. The minimum absolute atomic E-state index is 0.365. The van der Waals surface area contributed by atoms with Crippen molar-refractivity contribution >= 4 is 5.97 Å². The molecule has 0 saturated heterocycles. The van der Waals surface area contributed by atoms with Gasteiger partial charge in [0.05, 0.1) is 17.7 Å². The molecular weight excluding hydrogens is 276 g/mol. The third kappa shape index (κ3) is 3.75. The van der Waals surface area contributed by atoms with Crippen LogP contribution < -0.4 is 4.57 Å². The average Bonchev–Trinajstić information content (AvgIpc) is 2.99. The van der Waals surface area contributed by atoms with Crippen LogP contribution in [0.25, 0.3) is 11.4 Å². The maximum atomic E-state index is 11.6. The van der Waals surface area contributed by atoms with Gasteiger partial charge in [-0.3, -0.25) is 0 Å². The molecule has 2 aromatic rings. The maximum Gasteiger partial charge on any atom is 0.336 e. The van der Waals surface area contributed by atoms with E-state index in [1.54, 1.807) is 6.07 Å². The highest BCUT2D eigenvalue weighted by atomic mass is 16.4. The summed E-state index contributed by atoms with van der Waals surface area (Å²) in [5, 5.41) is 9.50. The molecule has 0 saturated carbocycles. The zero-order valence-electron chi connectivity index (χ0n) is 13.4. The van der Waals surface area contributed by atoms with Crippen molar-refractivity contribution in [3.8, 4) is 11.4 Å². The molecule has 0 aliphatic heterocycles. The van der Waals surface area contributed by atoms with Crippen LogP contribution in [0.2, 0.25) is 0 Å². The molecule has 1 heterocycles. The molecule has 0 spiro atoms. The van der Waals surface area contributed by atoms with E-state index in [0.717, 1.165) is 36.3 Å². The molecule has 0 bridgehead atoms. The standard InChI is InChI=1S/C18H24N2O2/c1-3-5-6-7-11-20-12-10-19-17(20)15-9-8-14(4-2)13-16(15)18(21)22/h8-10,12-13H,3-7,11H2,1-2H3,(H,21,22)/p+1. The van der Waals surface area contributed by atoms with Crippen LogP contribution in [-0.2, 0) is 13.0 Å². The molecule has 1 aromatic heterocycles. The molecule has 1 aromatic carbocycles. The summed E-state index contributed by atoms with van der Waals surface area (Å²) in [6.45, 7) is 5.14. The van der Waals surface area contributed by atoms with Crippen LogP contribution in [0.15, 0.2) is 30.6 Å². The first-order valence-corrected chi connectivity index (χ1v) is 8.10. The maximum absolute atomic E-state index is 11.6. The lowest BCUT2D eigenvalue weighted by atomic mass is 10.0. The lowest BCUT2D eigenvalue weighted by Crippen LogP contribution is -2.34. The van der Waals surface area contributed by atoms with E-state index >= 15 is 0 Å². The number of carboxylic acids is 1. The Kier molecular flexibility index (Phi) is 5.75. The van der Waals surface area contributed by atoms with Crippen molar-refractivity contribution in [2.75, 3.05) is 0 Å². The van der Waals surface area contributed by atoms with Crippen LogP contribution in [0.5, 0.6) is 0 Å². The number of H-pyrrole nitrogens is 1. The number of hydrogen-bond acceptors (Lipinski definition) is 1. The van der Waals surface area contributed by atoms with Crippen LogP contribution in [-0.4, -0.2) is 16.1 Å². The van der Waals surface area contributed by atoms with Gasteiger partial charge in [0, 0.05) is 0 Å². The largest absolute Gasteiger partial charge is 0.478 e. The molecular formula is C18H25N2O2+. The number of imidazole rings is 1. The summed E-state index contributed by atoms with van der Waals surface area (Å²) in [5.74, 6) is -0.00557. The Balaban J connectivity index is 2.28. The summed E-state index contributed by atoms with van der Waals surface area (Å²) in [6, 6.07) is 5.70. The Morgan fingerprint density at radius 1 is 1.23 bits per heavy atom. The lowest BCUT2D eigenvalue weighted by Gasteiger charge is -2.06. The Morgan fingerprint density at radius 3 is 2.73 bits per heavy atom. The Hall–Kier alpha value is -2.10. The van der Waals surface area contributed by atoms with Gasteiger partial charge in [-0.15, -0.1) is 0 Å². The van der Waals surface area contributed by atoms with Crippen molar-refractivity contribution < 1.29 is 14.5 Å². The number of aromatic nitrogens is 2. The molecule has 0 fully saturated rings. The minimum Gasteiger partial charge on any atom is -0.478 e. The van der Waals surface area contributed by atoms with E-state index < -0.39 is 5.97 Å². The summed E-state index contributed by atoms with van der Waals surface area (Å²) in [5.41, 5.74) is 2.16. The number of nitrogens with zero attached hydrogens (tertiary/aromatic N) is 1. The number of aryl methyl sites for hydroxylation is 2. The number of nitrogens with one attached hydrogen (secondary N) is 1. The molecule has 2 rings (SSSR count). The van der Waals surface area contributed by atoms with Crippen LogP contribution >= 0.6 is 0 Å². The average molecular weight is 301 g/mol. The fraction of sp³-hybridized carbons (Fsp3) is 0.444. The third-order valence-electron chi connectivity index (χ3n) is 3.99. The van der Waals surface area contributed by atoms with E-state index in [2.05, 4.69) is 16.5 Å². The van der Waals surface area contributed by atoms with Gasteiger partial charge in [-0.2, -0.15) is 0 Å². The fourth-order valence-corrected chi connectivity index (χ4v) is 2.69. The summed E-state index contributed by atoms with van der Waals surface area (Å²) in [6.07, 6.45) is 9.46. The summed E-state index contributed by atoms with van der Waals surface area (Å²) in [7, 11) is 0. The van der Waals surface area contributed by atoms with Gasteiger partial charge < -0.3 is 5.11 Å². The second-order valence-corrected chi connectivity index (χ2v) is 5.60. The second kappa shape index (κ2) is 7.78. The van der Waals surface area contributed by atoms with Gasteiger partial charge in [0.2, 0.25) is 0 Å². The van der Waals surface area contributed by atoms with Gasteiger partial charge >= 0.3 is 5.97 Å². The predicted octanol–water partition coefficient (Wildman–Crippen LogP) is 3.81. The number of unbranched alkanes of at least 4 members (excludes halogenated alkanes) is 3. The molecule has 4 heteroatoms. The van der Waals surface area contributed by atoms with Gasteiger partial charge in [-0.05, 0) is 37.0 Å². The van der Waals surface area contributed by atoms with Gasteiger partial charge in [0.25, 0.3) is 5.82 Å².